The summed E-state index contributed by atoms with van der Waals surface area (Å²) in [5, 5.41) is 4.76. The Morgan fingerprint density at radius 1 is 1.33 bits per heavy atom. The second kappa shape index (κ2) is 5.72. The van der Waals surface area contributed by atoms with E-state index in [0.717, 1.165) is 42.4 Å². The van der Waals surface area contributed by atoms with Crippen molar-refractivity contribution in [2.24, 2.45) is 0 Å². The van der Waals surface area contributed by atoms with Crippen molar-refractivity contribution in [1.29, 1.82) is 0 Å². The van der Waals surface area contributed by atoms with Crippen molar-refractivity contribution in [1.82, 2.24) is 10.1 Å². The van der Waals surface area contributed by atoms with Crippen LogP contribution in [0.15, 0.2) is 28.8 Å². The monoisotopic (exact) mass is 303 g/mol. The number of aromatic nitrogens is 2. The van der Waals surface area contributed by atoms with Crippen LogP contribution in [0, 0.1) is 0 Å². The third-order valence-corrected chi connectivity index (χ3v) is 5.49. The molecule has 0 radical (unpaired) electrons. The number of hydrogen-bond donors (Lipinski definition) is 1. The highest BCUT2D eigenvalue weighted by atomic mass is 32.2. The molecular formula is C16H21N3OS. The normalized spacial score (nSPS) is 17.6. The SMILES string of the molecule is CCC(C)SCc1noc(C2(c3ccc(N)cc3)CC2)n1. The third-order valence-electron chi connectivity index (χ3n) is 4.16. The number of thioether (sulfide) groups is 1. The van der Waals surface area contributed by atoms with Gasteiger partial charge in [0.05, 0.1) is 11.2 Å². The van der Waals surface area contributed by atoms with Crippen LogP contribution in [-0.4, -0.2) is 15.4 Å². The summed E-state index contributed by atoms with van der Waals surface area (Å²) in [6, 6.07) is 8.01. The smallest absolute Gasteiger partial charge is 0.237 e. The molecule has 1 aliphatic carbocycles. The van der Waals surface area contributed by atoms with Crippen molar-refractivity contribution < 1.29 is 4.52 Å². The van der Waals surface area contributed by atoms with E-state index in [1.54, 1.807) is 0 Å². The topological polar surface area (TPSA) is 64.9 Å². The van der Waals surface area contributed by atoms with Gasteiger partial charge in [0.25, 0.3) is 0 Å². The first-order valence-electron chi connectivity index (χ1n) is 7.45. The Bertz CT molecular complexity index is 604. The summed E-state index contributed by atoms with van der Waals surface area (Å²) < 4.78 is 5.54. The highest BCUT2D eigenvalue weighted by molar-refractivity contribution is 7.99. The highest BCUT2D eigenvalue weighted by Gasteiger charge is 2.50. The average molecular weight is 303 g/mol. The Hall–Kier alpha value is -1.49. The minimum Gasteiger partial charge on any atom is -0.399 e. The van der Waals surface area contributed by atoms with E-state index in [4.69, 9.17) is 10.3 Å². The number of nitrogens with two attached hydrogens (primary N) is 1. The van der Waals surface area contributed by atoms with Crippen LogP contribution in [0.25, 0.3) is 0 Å². The number of benzene rings is 1. The second-order valence-corrected chi connectivity index (χ2v) is 7.18. The molecule has 3 rings (SSSR count). The maximum atomic E-state index is 5.76. The summed E-state index contributed by atoms with van der Waals surface area (Å²) in [4.78, 5) is 4.62. The van der Waals surface area contributed by atoms with Crippen molar-refractivity contribution in [2.45, 2.75) is 49.5 Å². The summed E-state index contributed by atoms with van der Waals surface area (Å²) in [5.74, 6) is 2.38. The molecule has 4 nitrogen and oxygen atoms in total. The first kappa shape index (κ1) is 14.4. The van der Waals surface area contributed by atoms with Crippen LogP contribution >= 0.6 is 11.8 Å². The van der Waals surface area contributed by atoms with Crippen LogP contribution in [0.1, 0.15) is 50.4 Å². The number of nitrogens with zero attached hydrogens (tertiary/aromatic N) is 2. The minimum atomic E-state index is -0.0695. The van der Waals surface area contributed by atoms with Gasteiger partial charge in [0.2, 0.25) is 5.89 Å². The molecule has 1 saturated carbocycles. The number of anilines is 1. The molecule has 0 bridgehead atoms. The molecular weight excluding hydrogens is 282 g/mol. The molecule has 1 atom stereocenters. The Morgan fingerprint density at radius 2 is 2.05 bits per heavy atom. The third kappa shape index (κ3) is 2.93. The molecule has 0 saturated heterocycles. The van der Waals surface area contributed by atoms with Crippen LogP contribution in [0.5, 0.6) is 0 Å². The Kier molecular flexibility index (Phi) is 3.93. The lowest BCUT2D eigenvalue weighted by Crippen LogP contribution is -2.09. The quantitative estimate of drug-likeness (QED) is 0.823. The molecule has 1 heterocycles. The van der Waals surface area contributed by atoms with Crippen LogP contribution < -0.4 is 5.73 Å². The molecule has 2 N–H and O–H groups in total. The van der Waals surface area contributed by atoms with Crippen molar-refractivity contribution in [2.75, 3.05) is 5.73 Å². The summed E-state index contributed by atoms with van der Waals surface area (Å²) in [5.41, 5.74) is 7.70. The molecule has 1 fully saturated rings. The van der Waals surface area contributed by atoms with Gasteiger partial charge in [-0.15, -0.1) is 0 Å². The lowest BCUT2D eigenvalue weighted by Gasteiger charge is -2.10. The summed E-state index contributed by atoms with van der Waals surface area (Å²) in [6.07, 6.45) is 3.29. The second-order valence-electron chi connectivity index (χ2n) is 5.75. The summed E-state index contributed by atoms with van der Waals surface area (Å²) in [7, 11) is 0. The molecule has 0 spiro atoms. The largest absolute Gasteiger partial charge is 0.399 e. The summed E-state index contributed by atoms with van der Waals surface area (Å²) >= 11 is 1.87. The van der Waals surface area contributed by atoms with Crippen LogP contribution in [0.3, 0.4) is 0 Å². The fourth-order valence-electron chi connectivity index (χ4n) is 2.39. The molecule has 1 aliphatic rings. The van der Waals surface area contributed by atoms with Gasteiger partial charge < -0.3 is 10.3 Å². The first-order valence-corrected chi connectivity index (χ1v) is 8.49. The van der Waals surface area contributed by atoms with E-state index < -0.39 is 0 Å². The highest BCUT2D eigenvalue weighted by Crippen LogP contribution is 2.52. The molecule has 0 amide bonds. The predicted molar refractivity (Wildman–Crippen MR) is 86.2 cm³/mol. The van der Waals surface area contributed by atoms with E-state index in [2.05, 4.69) is 36.1 Å². The van der Waals surface area contributed by atoms with Crippen LogP contribution in [0.2, 0.25) is 0 Å². The molecule has 0 aliphatic heterocycles. The van der Waals surface area contributed by atoms with Crippen molar-refractivity contribution >= 4 is 17.4 Å². The lowest BCUT2D eigenvalue weighted by molar-refractivity contribution is 0.356. The Morgan fingerprint density at radius 3 is 2.67 bits per heavy atom. The van der Waals surface area contributed by atoms with Gasteiger partial charge in [0.1, 0.15) is 0 Å². The standard InChI is InChI=1S/C16H21N3OS/c1-3-11(2)21-10-14-18-15(20-19-14)16(8-9-16)12-4-6-13(17)7-5-12/h4-7,11H,3,8-10,17H2,1-2H3. The van der Waals surface area contributed by atoms with Gasteiger partial charge in [-0.1, -0.05) is 31.1 Å². The molecule has 1 aromatic carbocycles. The van der Waals surface area contributed by atoms with Gasteiger partial charge in [0, 0.05) is 10.9 Å². The zero-order valence-corrected chi connectivity index (χ0v) is 13.3. The zero-order valence-electron chi connectivity index (χ0n) is 12.5. The van der Waals surface area contributed by atoms with E-state index in [0.29, 0.717) is 5.25 Å². The molecule has 112 valence electrons. The van der Waals surface area contributed by atoms with E-state index in [1.807, 2.05) is 23.9 Å². The minimum absolute atomic E-state index is 0.0695. The van der Waals surface area contributed by atoms with Gasteiger partial charge in [-0.3, -0.25) is 0 Å². The average Bonchev–Trinajstić information content (AvgIpc) is 3.17. The molecule has 1 unspecified atom stereocenters. The Balaban J connectivity index is 1.75. The Labute approximate surface area is 129 Å². The predicted octanol–water partition coefficient (Wildman–Crippen LogP) is 3.76. The van der Waals surface area contributed by atoms with Gasteiger partial charge in [-0.05, 0) is 37.0 Å². The number of hydrogen-bond acceptors (Lipinski definition) is 5. The number of rotatable bonds is 6. The van der Waals surface area contributed by atoms with Crippen molar-refractivity contribution in [3.8, 4) is 0 Å². The first-order chi connectivity index (χ1) is 10.1. The maximum absolute atomic E-state index is 5.76. The van der Waals surface area contributed by atoms with Crippen molar-refractivity contribution in [3.05, 3.63) is 41.5 Å². The van der Waals surface area contributed by atoms with Crippen LogP contribution in [0.4, 0.5) is 5.69 Å². The maximum Gasteiger partial charge on any atom is 0.237 e. The zero-order chi connectivity index (χ0) is 14.9. The van der Waals surface area contributed by atoms with Crippen LogP contribution in [-0.2, 0) is 11.2 Å². The van der Waals surface area contributed by atoms with E-state index in [9.17, 15) is 0 Å². The lowest BCUT2D eigenvalue weighted by atomic mass is 9.96. The summed E-state index contributed by atoms with van der Waals surface area (Å²) in [6.45, 7) is 4.42. The van der Waals surface area contributed by atoms with Gasteiger partial charge >= 0.3 is 0 Å². The van der Waals surface area contributed by atoms with Crippen molar-refractivity contribution in [3.63, 3.8) is 0 Å². The molecule has 5 heteroatoms. The van der Waals surface area contributed by atoms with Gasteiger partial charge in [-0.2, -0.15) is 16.7 Å². The molecule has 1 aromatic heterocycles. The molecule has 2 aromatic rings. The van der Waals surface area contributed by atoms with E-state index in [-0.39, 0.29) is 5.41 Å². The van der Waals surface area contributed by atoms with Gasteiger partial charge in [0.15, 0.2) is 5.82 Å². The van der Waals surface area contributed by atoms with Gasteiger partial charge in [-0.25, -0.2) is 0 Å². The molecule has 21 heavy (non-hydrogen) atoms. The number of nitrogen functional groups attached to an aromatic ring is 1. The fourth-order valence-corrected chi connectivity index (χ4v) is 3.18. The van der Waals surface area contributed by atoms with E-state index >= 15 is 0 Å². The van der Waals surface area contributed by atoms with E-state index in [1.165, 1.54) is 5.56 Å². The fraction of sp³-hybridized carbons (Fsp3) is 0.500.